The van der Waals surface area contributed by atoms with Gasteiger partial charge in [-0.05, 0) is 12.8 Å². The third-order valence-electron chi connectivity index (χ3n) is 3.53. The summed E-state index contributed by atoms with van der Waals surface area (Å²) in [4.78, 5) is 0. The van der Waals surface area contributed by atoms with Crippen molar-refractivity contribution in [3.05, 3.63) is 12.2 Å². The second-order valence-corrected chi connectivity index (χ2v) is 5.48. The lowest BCUT2D eigenvalue weighted by Crippen LogP contribution is -2.67. The lowest BCUT2D eigenvalue weighted by Gasteiger charge is -2.08. The van der Waals surface area contributed by atoms with E-state index in [0.717, 1.165) is 6.42 Å². The van der Waals surface area contributed by atoms with Gasteiger partial charge in [0.2, 0.25) is 0 Å². The monoisotopic (exact) mass is 272 g/mol. The Hall–Kier alpha value is -0.380. The average Bonchev–Trinajstić information content (AvgIpc) is 2.43. The lowest BCUT2D eigenvalue weighted by molar-refractivity contribution is -0.438. The van der Waals surface area contributed by atoms with Crippen LogP contribution in [-0.4, -0.2) is 29.0 Å². The Morgan fingerprint density at radius 1 is 0.947 bits per heavy atom. The zero-order chi connectivity index (χ0) is 14.3. The normalized spacial score (nSPS) is 14.9. The molecule has 0 amide bonds. The summed E-state index contributed by atoms with van der Waals surface area (Å²) in [5.41, 5.74) is 3.68. The molecule has 2 atom stereocenters. The molecule has 0 heterocycles. The molecule has 3 heteroatoms. The SMILES string of the molecule is CCCCCCCCCCC/C=C/[C@@H](O)[C@@H]([NH3+])CO. The van der Waals surface area contributed by atoms with Gasteiger partial charge >= 0.3 is 0 Å². The predicted octanol–water partition coefficient (Wildman–Crippen LogP) is 2.43. The quantitative estimate of drug-likeness (QED) is 0.356. The Morgan fingerprint density at radius 2 is 1.47 bits per heavy atom. The van der Waals surface area contributed by atoms with Crippen LogP contribution >= 0.6 is 0 Å². The van der Waals surface area contributed by atoms with Crippen molar-refractivity contribution >= 4 is 0 Å². The van der Waals surface area contributed by atoms with E-state index < -0.39 is 6.10 Å². The van der Waals surface area contributed by atoms with Crippen LogP contribution in [0.4, 0.5) is 0 Å². The first-order chi connectivity index (χ1) is 9.22. The van der Waals surface area contributed by atoms with E-state index in [0.29, 0.717) is 0 Å². The predicted molar refractivity (Wildman–Crippen MR) is 80.8 cm³/mol. The minimum Gasteiger partial charge on any atom is -0.390 e. The summed E-state index contributed by atoms with van der Waals surface area (Å²) in [6.07, 6.45) is 16.2. The smallest absolute Gasteiger partial charge is 0.138 e. The summed E-state index contributed by atoms with van der Waals surface area (Å²) in [7, 11) is 0. The molecule has 0 aliphatic rings. The van der Waals surface area contributed by atoms with Crippen LogP contribution in [0, 0.1) is 0 Å². The van der Waals surface area contributed by atoms with Gasteiger partial charge in [0.25, 0.3) is 0 Å². The van der Waals surface area contributed by atoms with E-state index in [-0.39, 0.29) is 12.6 Å². The number of hydrogen-bond donors (Lipinski definition) is 3. The highest BCUT2D eigenvalue weighted by atomic mass is 16.3. The van der Waals surface area contributed by atoms with Crippen LogP contribution in [0.5, 0.6) is 0 Å². The molecule has 0 aliphatic heterocycles. The minimum absolute atomic E-state index is 0.0659. The van der Waals surface area contributed by atoms with E-state index in [4.69, 9.17) is 5.11 Å². The molecular formula is C16H34NO2+. The van der Waals surface area contributed by atoms with E-state index in [1.54, 1.807) is 6.08 Å². The molecule has 0 aromatic heterocycles. The largest absolute Gasteiger partial charge is 0.390 e. The number of rotatable bonds is 13. The highest BCUT2D eigenvalue weighted by Crippen LogP contribution is 2.10. The van der Waals surface area contributed by atoms with Crippen molar-refractivity contribution in [3.63, 3.8) is 0 Å². The molecule has 0 saturated carbocycles. The van der Waals surface area contributed by atoms with Crippen LogP contribution in [0.3, 0.4) is 0 Å². The summed E-state index contributed by atoms with van der Waals surface area (Å²) in [5, 5.41) is 18.4. The van der Waals surface area contributed by atoms with Gasteiger partial charge in [-0.25, -0.2) is 0 Å². The fourth-order valence-electron chi connectivity index (χ4n) is 2.07. The number of hydrogen-bond acceptors (Lipinski definition) is 2. The Kier molecular flexibility index (Phi) is 13.8. The molecule has 0 rings (SSSR count). The first-order valence-electron chi connectivity index (χ1n) is 8.01. The van der Waals surface area contributed by atoms with Gasteiger partial charge in [-0.1, -0.05) is 70.4 Å². The molecule has 19 heavy (non-hydrogen) atoms. The van der Waals surface area contributed by atoms with E-state index in [9.17, 15) is 5.11 Å². The van der Waals surface area contributed by atoms with Crippen LogP contribution in [0.15, 0.2) is 12.2 Å². The van der Waals surface area contributed by atoms with Gasteiger partial charge in [0.05, 0.1) is 6.61 Å². The Bertz CT molecular complexity index is 207. The lowest BCUT2D eigenvalue weighted by atomic mass is 10.1. The summed E-state index contributed by atoms with van der Waals surface area (Å²) < 4.78 is 0. The molecule has 0 radical (unpaired) electrons. The molecule has 5 N–H and O–H groups in total. The maximum atomic E-state index is 9.55. The van der Waals surface area contributed by atoms with Crippen molar-refractivity contribution < 1.29 is 15.9 Å². The fourth-order valence-corrected chi connectivity index (χ4v) is 2.07. The van der Waals surface area contributed by atoms with Gasteiger partial charge in [0, 0.05) is 0 Å². The van der Waals surface area contributed by atoms with E-state index in [1.807, 2.05) is 6.08 Å². The summed E-state index contributed by atoms with van der Waals surface area (Å²) in [6, 6.07) is -0.306. The van der Waals surface area contributed by atoms with Gasteiger partial charge in [-0.2, -0.15) is 0 Å². The molecule has 0 aliphatic carbocycles. The molecule has 3 nitrogen and oxygen atoms in total. The van der Waals surface area contributed by atoms with Crippen molar-refractivity contribution in [2.45, 2.75) is 83.3 Å². The van der Waals surface area contributed by atoms with E-state index in [1.165, 1.54) is 57.8 Å². The molecule has 114 valence electrons. The zero-order valence-corrected chi connectivity index (χ0v) is 12.7. The third kappa shape index (κ3) is 12.4. The van der Waals surface area contributed by atoms with E-state index in [2.05, 4.69) is 12.7 Å². The summed E-state index contributed by atoms with van der Waals surface area (Å²) >= 11 is 0. The number of aliphatic hydroxyl groups is 2. The van der Waals surface area contributed by atoms with Crippen LogP contribution in [0.2, 0.25) is 0 Å². The molecular weight excluding hydrogens is 238 g/mol. The zero-order valence-electron chi connectivity index (χ0n) is 12.7. The van der Waals surface area contributed by atoms with Crippen molar-refractivity contribution in [2.24, 2.45) is 0 Å². The van der Waals surface area contributed by atoms with Gasteiger partial charge in [0.15, 0.2) is 0 Å². The molecule has 0 saturated heterocycles. The Balaban J connectivity index is 3.24. The fraction of sp³-hybridized carbons (Fsp3) is 0.875. The van der Waals surface area contributed by atoms with Gasteiger partial charge in [-0.15, -0.1) is 0 Å². The van der Waals surface area contributed by atoms with Crippen LogP contribution in [0.1, 0.15) is 71.1 Å². The van der Waals surface area contributed by atoms with Crippen LogP contribution in [-0.2, 0) is 0 Å². The number of unbranched alkanes of at least 4 members (excludes halogenated alkanes) is 9. The van der Waals surface area contributed by atoms with Crippen molar-refractivity contribution in [1.82, 2.24) is 0 Å². The molecule has 0 spiro atoms. The summed E-state index contributed by atoms with van der Waals surface area (Å²) in [5.74, 6) is 0. The Morgan fingerprint density at radius 3 is 2.00 bits per heavy atom. The standard InChI is InChI=1S/C16H33NO2/c1-2-3-4-5-6-7-8-9-10-11-12-13-16(19)15(17)14-18/h12-13,15-16,18-19H,2-11,14,17H2,1H3/p+1/b13-12+/t15-,16+/m0/s1. The molecule has 0 aromatic carbocycles. The minimum atomic E-state index is -0.608. The summed E-state index contributed by atoms with van der Waals surface area (Å²) in [6.45, 7) is 2.19. The first-order valence-corrected chi connectivity index (χ1v) is 8.01. The van der Waals surface area contributed by atoms with E-state index >= 15 is 0 Å². The van der Waals surface area contributed by atoms with Gasteiger partial charge in [0.1, 0.15) is 12.1 Å². The van der Waals surface area contributed by atoms with Crippen LogP contribution in [0.25, 0.3) is 0 Å². The molecule has 0 fully saturated rings. The third-order valence-corrected chi connectivity index (χ3v) is 3.53. The number of allylic oxidation sites excluding steroid dienone is 1. The number of aliphatic hydroxyl groups excluding tert-OH is 2. The highest BCUT2D eigenvalue weighted by Gasteiger charge is 2.12. The van der Waals surface area contributed by atoms with Gasteiger partial charge < -0.3 is 15.9 Å². The van der Waals surface area contributed by atoms with Crippen molar-refractivity contribution in [2.75, 3.05) is 6.61 Å². The maximum absolute atomic E-state index is 9.55. The maximum Gasteiger partial charge on any atom is 0.138 e. The topological polar surface area (TPSA) is 68.1 Å². The average molecular weight is 272 g/mol. The molecule has 0 unspecified atom stereocenters. The Labute approximate surface area is 118 Å². The number of quaternary nitrogens is 1. The molecule has 0 bridgehead atoms. The second kappa shape index (κ2) is 14.0. The molecule has 0 aromatic rings. The van der Waals surface area contributed by atoms with Crippen molar-refractivity contribution in [1.29, 1.82) is 0 Å². The highest BCUT2D eigenvalue weighted by molar-refractivity contribution is 4.91. The van der Waals surface area contributed by atoms with Crippen LogP contribution < -0.4 is 5.73 Å². The van der Waals surface area contributed by atoms with Crippen molar-refractivity contribution in [3.8, 4) is 0 Å². The van der Waals surface area contributed by atoms with Gasteiger partial charge in [-0.3, -0.25) is 0 Å². The second-order valence-electron chi connectivity index (χ2n) is 5.48. The first kappa shape index (κ1) is 18.6.